The van der Waals surface area contributed by atoms with Gasteiger partial charge in [-0.2, -0.15) is 0 Å². The number of anilines is 1. The van der Waals surface area contributed by atoms with Crippen LogP contribution in [0.1, 0.15) is 5.56 Å². The van der Waals surface area contributed by atoms with Crippen LogP contribution < -0.4 is 14.8 Å². The van der Waals surface area contributed by atoms with Gasteiger partial charge in [0, 0.05) is 38.4 Å². The number of piperazine rings is 1. The van der Waals surface area contributed by atoms with Gasteiger partial charge in [-0.15, -0.1) is 0 Å². The van der Waals surface area contributed by atoms with Crippen LogP contribution in [0.5, 0.6) is 17.2 Å². The molecule has 1 amide bonds. The number of hydrogen-bond acceptors (Lipinski definition) is 6. The molecular weight excluding hydrogens is 442 g/mol. The van der Waals surface area contributed by atoms with Crippen molar-refractivity contribution in [3.63, 3.8) is 0 Å². The molecule has 7 heteroatoms. The number of para-hydroxylation sites is 1. The molecular formula is C28H33N3O4. The molecule has 1 aliphatic rings. The largest absolute Gasteiger partial charge is 0.491 e. The highest BCUT2D eigenvalue weighted by Crippen LogP contribution is 2.23. The number of benzene rings is 3. The van der Waals surface area contributed by atoms with Gasteiger partial charge in [-0.1, -0.05) is 35.9 Å². The van der Waals surface area contributed by atoms with Gasteiger partial charge in [-0.05, 0) is 55.5 Å². The minimum absolute atomic E-state index is 0.00377. The quantitative estimate of drug-likeness (QED) is 0.465. The Kier molecular flexibility index (Phi) is 8.73. The van der Waals surface area contributed by atoms with Gasteiger partial charge in [0.1, 0.15) is 30.0 Å². The number of nitrogens with zero attached hydrogens (tertiary/aromatic N) is 2. The van der Waals surface area contributed by atoms with Crippen molar-refractivity contribution >= 4 is 11.6 Å². The molecule has 1 atom stereocenters. The number of β-amino-alcohol motifs (C(OH)–C–C–N with tert-alkyl or cyclic N) is 1. The normalized spacial score (nSPS) is 15.4. The van der Waals surface area contributed by atoms with E-state index in [1.54, 1.807) is 0 Å². The van der Waals surface area contributed by atoms with Crippen molar-refractivity contribution in [1.82, 2.24) is 9.80 Å². The first-order valence-electron chi connectivity index (χ1n) is 12.0. The zero-order chi connectivity index (χ0) is 24.5. The average Bonchev–Trinajstić information content (AvgIpc) is 2.87. The van der Waals surface area contributed by atoms with Crippen molar-refractivity contribution < 1.29 is 19.4 Å². The highest BCUT2D eigenvalue weighted by Gasteiger charge is 2.21. The molecule has 1 fully saturated rings. The zero-order valence-corrected chi connectivity index (χ0v) is 20.1. The Labute approximate surface area is 206 Å². The standard InChI is InChI=1S/C28H33N3O4/c1-22-7-9-23(10-8-22)29-28(33)20-31-17-15-30(16-18-31)19-24(32)21-34-25-11-13-27(14-12-25)35-26-5-3-2-4-6-26/h2-14,24,32H,15-21H2,1H3,(H,29,33). The first-order valence-corrected chi connectivity index (χ1v) is 12.0. The predicted octanol–water partition coefficient (Wildman–Crippen LogP) is 3.78. The fourth-order valence-electron chi connectivity index (χ4n) is 3.94. The molecule has 3 aromatic carbocycles. The van der Waals surface area contributed by atoms with Crippen LogP contribution in [0.15, 0.2) is 78.9 Å². The molecule has 0 aromatic heterocycles. The molecule has 3 aromatic rings. The Balaban J connectivity index is 1.12. The molecule has 0 radical (unpaired) electrons. The molecule has 0 aliphatic carbocycles. The smallest absolute Gasteiger partial charge is 0.238 e. The number of amides is 1. The van der Waals surface area contributed by atoms with Gasteiger partial charge in [-0.3, -0.25) is 14.6 Å². The summed E-state index contributed by atoms with van der Waals surface area (Å²) in [7, 11) is 0. The Bertz CT molecular complexity index is 1050. The average molecular weight is 476 g/mol. The predicted molar refractivity (Wildman–Crippen MR) is 137 cm³/mol. The third-order valence-electron chi connectivity index (χ3n) is 5.88. The summed E-state index contributed by atoms with van der Waals surface area (Å²) in [4.78, 5) is 16.7. The minimum atomic E-state index is -0.591. The number of hydrogen-bond donors (Lipinski definition) is 2. The molecule has 0 spiro atoms. The van der Waals surface area contributed by atoms with Crippen LogP contribution in [0.4, 0.5) is 5.69 Å². The molecule has 1 aliphatic heterocycles. The van der Waals surface area contributed by atoms with Crippen LogP contribution in [-0.2, 0) is 4.79 Å². The molecule has 35 heavy (non-hydrogen) atoms. The van der Waals surface area contributed by atoms with E-state index in [-0.39, 0.29) is 12.5 Å². The second-order valence-corrected chi connectivity index (χ2v) is 8.84. The molecule has 184 valence electrons. The summed E-state index contributed by atoms with van der Waals surface area (Å²) in [5.41, 5.74) is 1.98. The number of aliphatic hydroxyl groups excluding tert-OH is 1. The summed E-state index contributed by atoms with van der Waals surface area (Å²) in [6.07, 6.45) is -0.591. The van der Waals surface area contributed by atoms with Gasteiger partial charge in [0.25, 0.3) is 0 Å². The Morgan fingerprint density at radius 1 is 0.857 bits per heavy atom. The number of ether oxygens (including phenoxy) is 2. The van der Waals surface area contributed by atoms with E-state index in [0.717, 1.165) is 48.9 Å². The topological polar surface area (TPSA) is 74.3 Å². The second-order valence-electron chi connectivity index (χ2n) is 8.84. The number of aliphatic hydroxyl groups is 1. The monoisotopic (exact) mass is 475 g/mol. The fraction of sp³-hybridized carbons (Fsp3) is 0.321. The lowest BCUT2D eigenvalue weighted by Crippen LogP contribution is -2.50. The van der Waals surface area contributed by atoms with E-state index in [1.165, 1.54) is 0 Å². The Morgan fingerprint density at radius 2 is 1.46 bits per heavy atom. The highest BCUT2D eigenvalue weighted by molar-refractivity contribution is 5.92. The number of rotatable bonds is 10. The molecule has 2 N–H and O–H groups in total. The van der Waals surface area contributed by atoms with Crippen LogP contribution in [0.2, 0.25) is 0 Å². The van der Waals surface area contributed by atoms with E-state index < -0.39 is 6.10 Å². The molecule has 1 unspecified atom stereocenters. The lowest BCUT2D eigenvalue weighted by atomic mass is 10.2. The summed E-state index contributed by atoms with van der Waals surface area (Å²) < 4.78 is 11.5. The van der Waals surface area contributed by atoms with E-state index >= 15 is 0 Å². The molecule has 1 saturated heterocycles. The van der Waals surface area contributed by atoms with Crippen molar-refractivity contribution in [2.24, 2.45) is 0 Å². The SMILES string of the molecule is Cc1ccc(NC(=O)CN2CCN(CC(O)COc3ccc(Oc4ccccc4)cc3)CC2)cc1. The molecule has 0 saturated carbocycles. The minimum Gasteiger partial charge on any atom is -0.491 e. The van der Waals surface area contributed by atoms with E-state index in [0.29, 0.717) is 18.8 Å². The number of nitrogens with one attached hydrogen (secondary N) is 1. The van der Waals surface area contributed by atoms with E-state index in [9.17, 15) is 9.90 Å². The van der Waals surface area contributed by atoms with Crippen molar-refractivity contribution in [2.45, 2.75) is 13.0 Å². The summed E-state index contributed by atoms with van der Waals surface area (Å²) >= 11 is 0. The maximum Gasteiger partial charge on any atom is 0.238 e. The van der Waals surface area contributed by atoms with Crippen LogP contribution in [-0.4, -0.2) is 72.8 Å². The zero-order valence-electron chi connectivity index (χ0n) is 20.1. The van der Waals surface area contributed by atoms with Crippen molar-refractivity contribution in [3.05, 3.63) is 84.4 Å². The first-order chi connectivity index (χ1) is 17.0. The van der Waals surface area contributed by atoms with Gasteiger partial charge in [0.15, 0.2) is 0 Å². The number of aryl methyl sites for hydroxylation is 1. The van der Waals surface area contributed by atoms with Gasteiger partial charge in [0.05, 0.1) is 6.54 Å². The maximum atomic E-state index is 12.3. The Morgan fingerprint density at radius 3 is 2.14 bits per heavy atom. The number of carbonyl (C=O) groups excluding carboxylic acids is 1. The van der Waals surface area contributed by atoms with E-state index in [1.807, 2.05) is 85.8 Å². The molecule has 7 nitrogen and oxygen atoms in total. The fourth-order valence-corrected chi connectivity index (χ4v) is 3.94. The number of carbonyl (C=O) groups is 1. The van der Waals surface area contributed by atoms with Gasteiger partial charge < -0.3 is 19.9 Å². The van der Waals surface area contributed by atoms with E-state index in [2.05, 4.69) is 15.1 Å². The molecule has 0 bridgehead atoms. The summed E-state index contributed by atoms with van der Waals surface area (Å²) in [6, 6.07) is 24.8. The maximum absolute atomic E-state index is 12.3. The lowest BCUT2D eigenvalue weighted by molar-refractivity contribution is -0.117. The van der Waals surface area contributed by atoms with E-state index in [4.69, 9.17) is 9.47 Å². The highest BCUT2D eigenvalue weighted by atomic mass is 16.5. The van der Waals surface area contributed by atoms with Crippen molar-refractivity contribution in [1.29, 1.82) is 0 Å². The molecule has 1 heterocycles. The van der Waals surface area contributed by atoms with Gasteiger partial charge in [-0.25, -0.2) is 0 Å². The van der Waals surface area contributed by atoms with Gasteiger partial charge in [0.2, 0.25) is 5.91 Å². The first kappa shape index (κ1) is 24.7. The van der Waals surface area contributed by atoms with Crippen LogP contribution in [0.3, 0.4) is 0 Å². The summed E-state index contributed by atoms with van der Waals surface area (Å²) in [5.74, 6) is 2.20. The third-order valence-corrected chi connectivity index (χ3v) is 5.88. The summed E-state index contributed by atoms with van der Waals surface area (Å²) in [6.45, 7) is 6.35. The van der Waals surface area contributed by atoms with Crippen LogP contribution >= 0.6 is 0 Å². The van der Waals surface area contributed by atoms with Crippen molar-refractivity contribution in [2.75, 3.05) is 51.2 Å². The lowest BCUT2D eigenvalue weighted by Gasteiger charge is -2.35. The van der Waals surface area contributed by atoms with Gasteiger partial charge >= 0.3 is 0 Å². The van der Waals surface area contributed by atoms with Crippen molar-refractivity contribution in [3.8, 4) is 17.2 Å². The Hall–Kier alpha value is -3.39. The molecule has 4 rings (SSSR count). The summed E-state index contributed by atoms with van der Waals surface area (Å²) in [5, 5.41) is 13.4. The van der Waals surface area contributed by atoms with Crippen LogP contribution in [0, 0.1) is 6.92 Å². The van der Waals surface area contributed by atoms with Crippen LogP contribution in [0.25, 0.3) is 0 Å². The third kappa shape index (κ3) is 8.10. The second kappa shape index (κ2) is 12.4.